The van der Waals surface area contributed by atoms with E-state index in [2.05, 4.69) is 4.98 Å². The minimum Gasteiger partial charge on any atom is -0.497 e. The lowest BCUT2D eigenvalue weighted by molar-refractivity contribution is -0.144. The smallest absolute Gasteiger partial charge is 0.465 e. The molecular formula is C42H44ClN2O10P. The van der Waals surface area contributed by atoms with Crippen molar-refractivity contribution in [3.63, 3.8) is 0 Å². The number of carbonyl (C=O) groups excluding carboxylic acids is 1. The highest BCUT2D eigenvalue weighted by atomic mass is 35.5. The summed E-state index contributed by atoms with van der Waals surface area (Å²) in [6.07, 6.45) is -1.03. The number of nitrogens with zero attached hydrogens (tertiary/aromatic N) is 1. The minimum absolute atomic E-state index is 0.0808. The maximum absolute atomic E-state index is 13.3. The number of aryl methyl sites for hydroxylation is 1. The van der Waals surface area contributed by atoms with Crippen LogP contribution in [0.2, 0.25) is 5.02 Å². The summed E-state index contributed by atoms with van der Waals surface area (Å²) in [6.45, 7) is 6.69. The lowest BCUT2D eigenvalue weighted by Crippen LogP contribution is -2.38. The highest BCUT2D eigenvalue weighted by Gasteiger charge is 2.45. The Morgan fingerprint density at radius 3 is 1.95 bits per heavy atom. The molecule has 0 amide bonds. The average molecular weight is 803 g/mol. The standard InChI is InChI=1S/C42H44ClN2O10P/c1-27-25-45(40(48)44-38(27)46)37-24-35(54-56(55-39(47)41(2,3)4)53-34-22-16-31(43)17-23-34)36(52-37)26-51-42(28-10-8-7-9-11-28,29-12-18-32(49-5)19-13-29)30-14-20-33(50-6)21-15-30/h7-23,25,35-37H,24,26H2,1-6H3,(H,44,46,48)/t35-,36+,37+,56?/m0/s1. The quantitative estimate of drug-likeness (QED) is 0.0867. The van der Waals surface area contributed by atoms with Gasteiger partial charge < -0.3 is 28.0 Å². The van der Waals surface area contributed by atoms with Gasteiger partial charge in [-0.05, 0) is 92.9 Å². The predicted octanol–water partition coefficient (Wildman–Crippen LogP) is 8.09. The second kappa shape index (κ2) is 17.4. The zero-order valence-electron chi connectivity index (χ0n) is 31.9. The molecule has 1 fully saturated rings. The number of ether oxygens (including phenoxy) is 4. The van der Waals surface area contributed by atoms with Crippen LogP contribution in [0.3, 0.4) is 0 Å². The van der Waals surface area contributed by atoms with E-state index in [1.54, 1.807) is 66.2 Å². The summed E-state index contributed by atoms with van der Waals surface area (Å²) in [5.41, 5.74) is -0.514. The van der Waals surface area contributed by atoms with Crippen LogP contribution in [-0.2, 0) is 28.9 Å². The minimum atomic E-state index is -2.38. The zero-order chi connectivity index (χ0) is 40.0. The predicted molar refractivity (Wildman–Crippen MR) is 212 cm³/mol. The number of methoxy groups -OCH3 is 2. The van der Waals surface area contributed by atoms with Crippen molar-refractivity contribution in [3.8, 4) is 17.2 Å². The summed E-state index contributed by atoms with van der Waals surface area (Å²) in [7, 11) is 0.830. The second-order valence-electron chi connectivity index (χ2n) is 14.2. The van der Waals surface area contributed by atoms with E-state index in [-0.39, 0.29) is 13.0 Å². The molecule has 1 saturated heterocycles. The third kappa shape index (κ3) is 9.18. The lowest BCUT2D eigenvalue weighted by Gasteiger charge is -2.37. The van der Waals surface area contributed by atoms with Crippen LogP contribution in [0.15, 0.2) is 119 Å². The van der Waals surface area contributed by atoms with Crippen molar-refractivity contribution in [2.45, 2.75) is 58.2 Å². The molecule has 56 heavy (non-hydrogen) atoms. The average Bonchev–Trinajstić information content (AvgIpc) is 3.59. The maximum atomic E-state index is 13.3. The van der Waals surface area contributed by atoms with Crippen LogP contribution >= 0.6 is 20.2 Å². The number of nitrogens with one attached hydrogen (secondary N) is 1. The van der Waals surface area contributed by atoms with E-state index in [1.165, 1.54) is 10.8 Å². The van der Waals surface area contributed by atoms with Gasteiger partial charge in [-0.25, -0.2) is 4.79 Å². The molecule has 0 aliphatic carbocycles. The number of rotatable bonds is 14. The van der Waals surface area contributed by atoms with Crippen molar-refractivity contribution < 1.29 is 37.3 Å². The molecule has 1 aromatic heterocycles. The van der Waals surface area contributed by atoms with Gasteiger partial charge in [-0.3, -0.25) is 23.7 Å². The summed E-state index contributed by atoms with van der Waals surface area (Å²) >= 11 is 6.13. The molecule has 1 unspecified atom stereocenters. The van der Waals surface area contributed by atoms with Gasteiger partial charge in [0.1, 0.15) is 41.3 Å². The highest BCUT2D eigenvalue weighted by molar-refractivity contribution is 7.42. The number of halogens is 1. The Bertz CT molecular complexity index is 2160. The molecule has 6 rings (SSSR count). The Hall–Kier alpha value is -4.97. The van der Waals surface area contributed by atoms with Crippen LogP contribution in [-0.4, -0.2) is 48.6 Å². The number of hydrogen-bond donors (Lipinski definition) is 1. The fourth-order valence-electron chi connectivity index (χ4n) is 6.17. The first-order chi connectivity index (χ1) is 26.8. The summed E-state index contributed by atoms with van der Waals surface area (Å²) in [5.74, 6) is 1.15. The highest BCUT2D eigenvalue weighted by Crippen LogP contribution is 2.48. The fourth-order valence-corrected chi connectivity index (χ4v) is 7.57. The molecule has 1 N–H and O–H groups in total. The monoisotopic (exact) mass is 802 g/mol. The SMILES string of the molecule is COc1ccc(C(OC[C@H]2O[C@@H](n3cc(C)c(=O)[nH]c3=O)C[C@@H]2OP(OC(=O)C(C)(C)C)Oc2ccc(Cl)cc2)(c2ccccc2)c2ccc(OC)cc2)cc1. The Morgan fingerprint density at radius 1 is 0.839 bits per heavy atom. The molecule has 1 aliphatic rings. The number of aromatic nitrogens is 2. The third-order valence-corrected chi connectivity index (χ3v) is 10.6. The Labute approximate surface area is 331 Å². The first-order valence-electron chi connectivity index (χ1n) is 17.9. The third-order valence-electron chi connectivity index (χ3n) is 9.26. The topological polar surface area (TPSA) is 137 Å². The van der Waals surface area contributed by atoms with Crippen molar-refractivity contribution in [3.05, 3.63) is 157 Å². The van der Waals surface area contributed by atoms with E-state index in [0.717, 1.165) is 16.7 Å². The van der Waals surface area contributed by atoms with Gasteiger partial charge in [-0.15, -0.1) is 0 Å². The van der Waals surface area contributed by atoms with E-state index in [0.29, 0.717) is 27.8 Å². The number of aromatic amines is 1. The van der Waals surface area contributed by atoms with E-state index in [9.17, 15) is 14.4 Å². The second-order valence-corrected chi connectivity index (χ2v) is 15.7. The van der Waals surface area contributed by atoms with Gasteiger partial charge in [0.15, 0.2) is 0 Å². The Balaban J connectivity index is 1.42. The van der Waals surface area contributed by atoms with E-state index < -0.39 is 55.3 Å². The first kappa shape index (κ1) is 40.7. The molecule has 0 bridgehead atoms. The number of carbonyl (C=O) groups is 1. The van der Waals surface area contributed by atoms with Crippen molar-refractivity contribution in [1.29, 1.82) is 0 Å². The number of hydrogen-bond acceptors (Lipinski definition) is 10. The molecule has 0 saturated carbocycles. The van der Waals surface area contributed by atoms with Crippen LogP contribution in [0, 0.1) is 12.3 Å². The van der Waals surface area contributed by atoms with Gasteiger partial charge in [0.2, 0.25) is 0 Å². The normalized spacial score (nSPS) is 17.6. The van der Waals surface area contributed by atoms with Gasteiger partial charge in [-0.1, -0.05) is 66.2 Å². The van der Waals surface area contributed by atoms with Crippen molar-refractivity contribution in [2.75, 3.05) is 20.8 Å². The molecule has 0 radical (unpaired) electrons. The molecule has 12 nitrogen and oxygen atoms in total. The molecule has 4 atom stereocenters. The number of benzene rings is 4. The van der Waals surface area contributed by atoms with E-state index in [4.69, 9.17) is 44.1 Å². The van der Waals surface area contributed by atoms with Crippen molar-refractivity contribution in [1.82, 2.24) is 9.55 Å². The van der Waals surface area contributed by atoms with Crippen LogP contribution < -0.4 is 25.2 Å². The Kier molecular flexibility index (Phi) is 12.7. The van der Waals surface area contributed by atoms with Crippen LogP contribution in [0.25, 0.3) is 0 Å². The van der Waals surface area contributed by atoms with E-state index in [1.807, 2.05) is 78.9 Å². The molecule has 14 heteroatoms. The lowest BCUT2D eigenvalue weighted by atomic mass is 9.80. The summed E-state index contributed by atoms with van der Waals surface area (Å²) in [5, 5.41) is 0.496. The van der Waals surface area contributed by atoms with Crippen LogP contribution in [0.4, 0.5) is 0 Å². The fraction of sp³-hybridized carbons (Fsp3) is 0.310. The van der Waals surface area contributed by atoms with Gasteiger partial charge >= 0.3 is 20.3 Å². The summed E-state index contributed by atoms with van der Waals surface area (Å²) in [6, 6.07) is 31.6. The van der Waals surface area contributed by atoms with Crippen molar-refractivity contribution in [2.24, 2.45) is 5.41 Å². The zero-order valence-corrected chi connectivity index (χ0v) is 33.5. The molecule has 294 valence electrons. The van der Waals surface area contributed by atoms with Crippen molar-refractivity contribution >= 4 is 26.2 Å². The number of H-pyrrole nitrogens is 1. The van der Waals surface area contributed by atoms with Crippen LogP contribution in [0.5, 0.6) is 17.2 Å². The van der Waals surface area contributed by atoms with Gasteiger partial charge in [0.25, 0.3) is 5.56 Å². The largest absolute Gasteiger partial charge is 0.497 e. The molecule has 0 spiro atoms. The summed E-state index contributed by atoms with van der Waals surface area (Å²) in [4.78, 5) is 41.1. The maximum Gasteiger partial charge on any atom is 0.465 e. The molecular weight excluding hydrogens is 759 g/mol. The molecule has 5 aromatic rings. The van der Waals surface area contributed by atoms with Crippen LogP contribution in [0.1, 0.15) is 55.7 Å². The van der Waals surface area contributed by atoms with Gasteiger partial charge in [0, 0.05) is 23.2 Å². The Morgan fingerprint density at radius 2 is 1.39 bits per heavy atom. The molecule has 2 heterocycles. The molecule has 4 aromatic carbocycles. The first-order valence-corrected chi connectivity index (χ1v) is 19.4. The van der Waals surface area contributed by atoms with Gasteiger partial charge in [-0.2, -0.15) is 0 Å². The molecule has 1 aliphatic heterocycles. The summed E-state index contributed by atoms with van der Waals surface area (Å²) < 4.78 is 44.6. The van der Waals surface area contributed by atoms with E-state index >= 15 is 0 Å². The van der Waals surface area contributed by atoms with Gasteiger partial charge in [0.05, 0.1) is 26.2 Å².